The van der Waals surface area contributed by atoms with Crippen LogP contribution in [0.2, 0.25) is 5.02 Å². The van der Waals surface area contributed by atoms with Crippen molar-refractivity contribution in [3.63, 3.8) is 0 Å². The lowest BCUT2D eigenvalue weighted by atomic mass is 9.93. The zero-order valence-electron chi connectivity index (χ0n) is 10.3. The molecule has 0 fully saturated rings. The maximum Gasteiger partial charge on any atom is 0.339 e. The molecule has 0 radical (unpaired) electrons. The molecule has 0 aromatic heterocycles. The molecule has 1 aromatic carbocycles. The minimum absolute atomic E-state index is 0.103. The summed E-state index contributed by atoms with van der Waals surface area (Å²) in [5, 5.41) is 9.34. The molecule has 0 saturated carbocycles. The fourth-order valence-electron chi connectivity index (χ4n) is 1.28. The van der Waals surface area contributed by atoms with E-state index in [1.807, 2.05) is 0 Å². The van der Waals surface area contributed by atoms with E-state index in [9.17, 15) is 4.79 Å². The van der Waals surface area contributed by atoms with Crippen molar-refractivity contribution in [2.75, 3.05) is 6.61 Å². The fourth-order valence-corrected chi connectivity index (χ4v) is 1.51. The number of hydrogen-bond acceptors (Lipinski definition) is 2. The molecule has 0 bridgehead atoms. The van der Waals surface area contributed by atoms with E-state index in [-0.39, 0.29) is 16.7 Å². The van der Waals surface area contributed by atoms with Crippen molar-refractivity contribution in [3.8, 4) is 5.75 Å². The molecule has 0 atom stereocenters. The van der Waals surface area contributed by atoms with Crippen molar-refractivity contribution in [2.45, 2.75) is 27.2 Å². The van der Waals surface area contributed by atoms with E-state index in [1.54, 1.807) is 12.1 Å². The standard InChI is InChI=1S/C13H17ClO3/c1-13(2,3)7-8-17-11-9(12(15)16)5-4-6-10(11)14/h4-6H,7-8H2,1-3H3,(H,15,16). The van der Waals surface area contributed by atoms with Gasteiger partial charge in [-0.15, -0.1) is 0 Å². The zero-order chi connectivity index (χ0) is 13.1. The molecule has 0 amide bonds. The van der Waals surface area contributed by atoms with Gasteiger partial charge in [-0.2, -0.15) is 0 Å². The molecule has 0 aliphatic heterocycles. The molecule has 0 heterocycles. The van der Waals surface area contributed by atoms with E-state index < -0.39 is 5.97 Å². The molecular formula is C13H17ClO3. The van der Waals surface area contributed by atoms with Gasteiger partial charge in [-0.1, -0.05) is 38.4 Å². The van der Waals surface area contributed by atoms with Gasteiger partial charge in [0.1, 0.15) is 5.56 Å². The first kappa shape index (κ1) is 13.8. The summed E-state index contributed by atoms with van der Waals surface area (Å²) in [7, 11) is 0. The summed E-state index contributed by atoms with van der Waals surface area (Å²) >= 11 is 5.94. The number of halogens is 1. The Hall–Kier alpha value is -1.22. The van der Waals surface area contributed by atoms with Crippen LogP contribution < -0.4 is 4.74 Å². The van der Waals surface area contributed by atoms with E-state index in [1.165, 1.54) is 6.07 Å². The number of benzene rings is 1. The first-order valence-corrected chi connectivity index (χ1v) is 5.84. The van der Waals surface area contributed by atoms with E-state index in [4.69, 9.17) is 21.4 Å². The second kappa shape index (κ2) is 5.41. The first-order chi connectivity index (χ1) is 7.81. The summed E-state index contributed by atoms with van der Waals surface area (Å²) in [4.78, 5) is 11.0. The van der Waals surface area contributed by atoms with Crippen LogP contribution in [0.15, 0.2) is 18.2 Å². The Morgan fingerprint density at radius 1 is 1.41 bits per heavy atom. The van der Waals surface area contributed by atoms with Gasteiger partial charge in [-0.25, -0.2) is 4.79 Å². The topological polar surface area (TPSA) is 46.5 Å². The van der Waals surface area contributed by atoms with Crippen LogP contribution in [0.1, 0.15) is 37.6 Å². The molecule has 94 valence electrons. The van der Waals surface area contributed by atoms with Crippen molar-refractivity contribution in [1.82, 2.24) is 0 Å². The molecule has 0 saturated heterocycles. The number of rotatable bonds is 4. The Kier molecular flexibility index (Phi) is 4.40. The number of carboxylic acid groups (broad SMARTS) is 1. The minimum Gasteiger partial charge on any atom is -0.491 e. The lowest BCUT2D eigenvalue weighted by Gasteiger charge is -2.19. The van der Waals surface area contributed by atoms with Gasteiger partial charge in [0.05, 0.1) is 11.6 Å². The Morgan fingerprint density at radius 2 is 2.06 bits per heavy atom. The van der Waals surface area contributed by atoms with Crippen molar-refractivity contribution in [1.29, 1.82) is 0 Å². The second-order valence-electron chi connectivity index (χ2n) is 5.08. The summed E-state index contributed by atoms with van der Waals surface area (Å²) in [6.07, 6.45) is 0.831. The van der Waals surface area contributed by atoms with Crippen molar-refractivity contribution in [2.24, 2.45) is 5.41 Å². The second-order valence-corrected chi connectivity index (χ2v) is 5.49. The summed E-state index contributed by atoms with van der Waals surface area (Å²) in [5.41, 5.74) is 0.247. The van der Waals surface area contributed by atoms with Gasteiger partial charge >= 0.3 is 5.97 Å². The zero-order valence-corrected chi connectivity index (χ0v) is 11.0. The van der Waals surface area contributed by atoms with Crippen LogP contribution in [0.3, 0.4) is 0 Å². The minimum atomic E-state index is -1.03. The highest BCUT2D eigenvalue weighted by Crippen LogP contribution is 2.29. The predicted octanol–water partition coefficient (Wildman–Crippen LogP) is 3.85. The summed E-state index contributed by atoms with van der Waals surface area (Å²) < 4.78 is 5.49. The molecule has 4 heteroatoms. The molecule has 0 unspecified atom stereocenters. The molecular weight excluding hydrogens is 240 g/mol. The largest absolute Gasteiger partial charge is 0.491 e. The predicted molar refractivity (Wildman–Crippen MR) is 68.0 cm³/mol. The summed E-state index contributed by atoms with van der Waals surface area (Å²) in [6.45, 7) is 6.75. The summed E-state index contributed by atoms with van der Waals surface area (Å²) in [5.74, 6) is -0.774. The third-order valence-electron chi connectivity index (χ3n) is 2.30. The van der Waals surface area contributed by atoms with Gasteiger partial charge in [-0.3, -0.25) is 0 Å². The van der Waals surface area contributed by atoms with E-state index in [2.05, 4.69) is 20.8 Å². The fraction of sp³-hybridized carbons (Fsp3) is 0.462. The first-order valence-electron chi connectivity index (χ1n) is 5.46. The third-order valence-corrected chi connectivity index (χ3v) is 2.59. The molecule has 1 N–H and O–H groups in total. The average molecular weight is 257 g/mol. The number of ether oxygens (including phenoxy) is 1. The monoisotopic (exact) mass is 256 g/mol. The Morgan fingerprint density at radius 3 is 2.59 bits per heavy atom. The number of hydrogen-bond donors (Lipinski definition) is 1. The van der Waals surface area contributed by atoms with Crippen molar-refractivity contribution < 1.29 is 14.6 Å². The van der Waals surface area contributed by atoms with E-state index in [0.29, 0.717) is 11.6 Å². The van der Waals surface area contributed by atoms with E-state index in [0.717, 1.165) is 6.42 Å². The number of para-hydroxylation sites is 1. The van der Waals surface area contributed by atoms with Gasteiger partial charge in [0, 0.05) is 0 Å². The van der Waals surface area contributed by atoms with Crippen molar-refractivity contribution in [3.05, 3.63) is 28.8 Å². The maximum absolute atomic E-state index is 11.0. The molecule has 0 spiro atoms. The van der Waals surface area contributed by atoms with E-state index >= 15 is 0 Å². The Bertz CT molecular complexity index is 408. The molecule has 0 aliphatic rings. The number of carboxylic acids is 1. The van der Waals surface area contributed by atoms with Gasteiger partial charge in [-0.05, 0) is 24.0 Å². The lowest BCUT2D eigenvalue weighted by Crippen LogP contribution is -2.12. The lowest BCUT2D eigenvalue weighted by molar-refractivity contribution is 0.0692. The van der Waals surface area contributed by atoms with Gasteiger partial charge in [0.2, 0.25) is 0 Å². The van der Waals surface area contributed by atoms with Crippen LogP contribution in [0.4, 0.5) is 0 Å². The number of carbonyl (C=O) groups is 1. The highest BCUT2D eigenvalue weighted by Gasteiger charge is 2.16. The van der Waals surface area contributed by atoms with Crippen molar-refractivity contribution >= 4 is 17.6 Å². The highest BCUT2D eigenvalue weighted by atomic mass is 35.5. The van der Waals surface area contributed by atoms with Crippen LogP contribution in [-0.4, -0.2) is 17.7 Å². The Labute approximate surface area is 106 Å². The van der Waals surface area contributed by atoms with Crippen LogP contribution in [-0.2, 0) is 0 Å². The normalized spacial score (nSPS) is 11.3. The van der Waals surface area contributed by atoms with Gasteiger partial charge < -0.3 is 9.84 Å². The number of aromatic carboxylic acids is 1. The molecule has 0 aliphatic carbocycles. The SMILES string of the molecule is CC(C)(C)CCOc1c(Cl)cccc1C(=O)O. The highest BCUT2D eigenvalue weighted by molar-refractivity contribution is 6.32. The maximum atomic E-state index is 11.0. The smallest absolute Gasteiger partial charge is 0.339 e. The molecule has 1 rings (SSSR count). The van der Waals surface area contributed by atoms with Crippen LogP contribution >= 0.6 is 11.6 Å². The molecule has 1 aromatic rings. The van der Waals surface area contributed by atoms with Crippen LogP contribution in [0.25, 0.3) is 0 Å². The van der Waals surface area contributed by atoms with Gasteiger partial charge in [0.25, 0.3) is 0 Å². The quantitative estimate of drug-likeness (QED) is 0.890. The van der Waals surface area contributed by atoms with Crippen LogP contribution in [0, 0.1) is 5.41 Å². The molecule has 3 nitrogen and oxygen atoms in total. The summed E-state index contributed by atoms with van der Waals surface area (Å²) in [6, 6.07) is 4.71. The average Bonchev–Trinajstić information content (AvgIpc) is 2.18. The van der Waals surface area contributed by atoms with Gasteiger partial charge in [0.15, 0.2) is 5.75 Å². The van der Waals surface area contributed by atoms with Crippen LogP contribution in [0.5, 0.6) is 5.75 Å². The third kappa shape index (κ3) is 4.27. The Balaban J connectivity index is 2.79. The molecule has 17 heavy (non-hydrogen) atoms.